The van der Waals surface area contributed by atoms with Gasteiger partial charge in [0.2, 0.25) is 5.91 Å². The molecule has 0 aliphatic carbocycles. The molecule has 0 saturated heterocycles. The first-order valence-corrected chi connectivity index (χ1v) is 10.3. The molecule has 0 unspecified atom stereocenters. The van der Waals surface area contributed by atoms with Crippen LogP contribution in [-0.2, 0) is 24.2 Å². The number of hydrogen-bond acceptors (Lipinski definition) is 5. The largest absolute Gasteiger partial charge is 0.493 e. The predicted octanol–water partition coefficient (Wildman–Crippen LogP) is 4.01. The van der Waals surface area contributed by atoms with Crippen molar-refractivity contribution in [3.05, 3.63) is 53.6 Å². The van der Waals surface area contributed by atoms with Crippen LogP contribution in [-0.4, -0.2) is 34.9 Å². The molecule has 3 aromatic rings. The summed E-state index contributed by atoms with van der Waals surface area (Å²) in [6.45, 7) is 0.771. The first-order chi connectivity index (χ1) is 15.1. The van der Waals surface area contributed by atoms with Crippen molar-refractivity contribution >= 4 is 11.6 Å². The first kappa shape index (κ1) is 20.8. The average molecular weight is 424 g/mol. The number of carbonyl (C=O) groups excluding carboxylic acids is 1. The van der Waals surface area contributed by atoms with E-state index < -0.39 is 5.82 Å². The summed E-state index contributed by atoms with van der Waals surface area (Å²) in [5.41, 5.74) is 1.62. The molecule has 1 aliphatic rings. The summed E-state index contributed by atoms with van der Waals surface area (Å²) in [5.74, 6) is 1.94. The summed E-state index contributed by atoms with van der Waals surface area (Å²) < 4.78 is 27.1. The van der Waals surface area contributed by atoms with Crippen LogP contribution in [0.15, 0.2) is 36.4 Å². The van der Waals surface area contributed by atoms with Gasteiger partial charge in [-0.25, -0.2) is 4.39 Å². The molecule has 8 heteroatoms. The van der Waals surface area contributed by atoms with Gasteiger partial charge in [0.1, 0.15) is 11.6 Å². The minimum absolute atomic E-state index is 0.146. The van der Waals surface area contributed by atoms with Crippen molar-refractivity contribution in [2.24, 2.45) is 0 Å². The number of nitrogens with zero attached hydrogens (tertiary/aromatic N) is 3. The van der Waals surface area contributed by atoms with E-state index in [2.05, 4.69) is 15.5 Å². The second-order valence-electron chi connectivity index (χ2n) is 7.51. The van der Waals surface area contributed by atoms with Gasteiger partial charge in [0.25, 0.3) is 0 Å². The second kappa shape index (κ2) is 9.16. The van der Waals surface area contributed by atoms with Crippen molar-refractivity contribution in [1.29, 1.82) is 0 Å². The fourth-order valence-corrected chi connectivity index (χ4v) is 3.84. The highest BCUT2D eigenvalue weighted by Gasteiger charge is 2.19. The maximum atomic E-state index is 14.6. The monoisotopic (exact) mass is 424 g/mol. The zero-order chi connectivity index (χ0) is 21.8. The van der Waals surface area contributed by atoms with E-state index in [-0.39, 0.29) is 12.3 Å². The molecule has 4 rings (SSSR count). The molecule has 1 amide bonds. The Morgan fingerprint density at radius 1 is 1.06 bits per heavy atom. The molecule has 2 heterocycles. The third-order valence-electron chi connectivity index (χ3n) is 5.41. The van der Waals surface area contributed by atoms with Gasteiger partial charge in [-0.05, 0) is 48.7 Å². The molecule has 0 spiro atoms. The molecule has 31 heavy (non-hydrogen) atoms. The molecular weight excluding hydrogens is 399 g/mol. The number of carbonyl (C=O) groups is 1. The molecule has 0 bridgehead atoms. The summed E-state index contributed by atoms with van der Waals surface area (Å²) in [5, 5.41) is 11.3. The minimum Gasteiger partial charge on any atom is -0.493 e. The third-order valence-corrected chi connectivity index (χ3v) is 5.41. The Bertz CT molecular complexity index is 1100. The van der Waals surface area contributed by atoms with Crippen LogP contribution in [0.4, 0.5) is 10.1 Å². The number of benzene rings is 2. The van der Waals surface area contributed by atoms with Crippen LogP contribution in [0, 0.1) is 5.82 Å². The van der Waals surface area contributed by atoms with E-state index in [0.29, 0.717) is 28.6 Å². The lowest BCUT2D eigenvalue weighted by Crippen LogP contribution is -2.14. The number of hydrogen-bond donors (Lipinski definition) is 1. The van der Waals surface area contributed by atoms with Crippen molar-refractivity contribution in [3.8, 4) is 22.9 Å². The number of aromatic nitrogens is 3. The quantitative estimate of drug-likeness (QED) is 0.647. The lowest BCUT2D eigenvalue weighted by atomic mass is 10.1. The Kier molecular flexibility index (Phi) is 6.16. The number of fused-ring (bicyclic) bond motifs is 1. The van der Waals surface area contributed by atoms with Crippen LogP contribution in [0.2, 0.25) is 0 Å². The lowest BCUT2D eigenvalue weighted by Gasteiger charge is -2.11. The Morgan fingerprint density at radius 3 is 2.71 bits per heavy atom. The van der Waals surface area contributed by atoms with Gasteiger partial charge in [0.05, 0.1) is 26.2 Å². The van der Waals surface area contributed by atoms with Gasteiger partial charge >= 0.3 is 0 Å². The number of amides is 1. The maximum absolute atomic E-state index is 14.6. The fourth-order valence-electron chi connectivity index (χ4n) is 3.84. The topological polar surface area (TPSA) is 78.3 Å². The second-order valence-corrected chi connectivity index (χ2v) is 7.51. The van der Waals surface area contributed by atoms with Gasteiger partial charge in [-0.2, -0.15) is 0 Å². The zero-order valence-electron chi connectivity index (χ0n) is 17.7. The van der Waals surface area contributed by atoms with Crippen molar-refractivity contribution in [3.63, 3.8) is 0 Å². The van der Waals surface area contributed by atoms with Crippen LogP contribution in [0.5, 0.6) is 11.5 Å². The molecule has 2 aromatic carbocycles. The summed E-state index contributed by atoms with van der Waals surface area (Å²) in [4.78, 5) is 12.6. The number of methoxy groups -OCH3 is 2. The van der Waals surface area contributed by atoms with E-state index in [4.69, 9.17) is 9.47 Å². The Morgan fingerprint density at radius 2 is 1.90 bits per heavy atom. The normalized spacial score (nSPS) is 13.3. The number of ether oxygens (including phenoxy) is 2. The minimum atomic E-state index is -0.391. The van der Waals surface area contributed by atoms with Crippen LogP contribution in [0.1, 0.15) is 30.7 Å². The summed E-state index contributed by atoms with van der Waals surface area (Å²) in [6.07, 6.45) is 4.19. The Balaban J connectivity index is 1.53. The van der Waals surface area contributed by atoms with E-state index in [0.717, 1.165) is 43.6 Å². The first-order valence-electron chi connectivity index (χ1n) is 10.3. The number of halogens is 1. The number of anilines is 1. The van der Waals surface area contributed by atoms with E-state index in [1.54, 1.807) is 38.5 Å². The molecule has 7 nitrogen and oxygen atoms in total. The predicted molar refractivity (Wildman–Crippen MR) is 115 cm³/mol. The van der Waals surface area contributed by atoms with Crippen molar-refractivity contribution in [2.45, 2.75) is 38.6 Å². The van der Waals surface area contributed by atoms with E-state index in [1.807, 2.05) is 10.6 Å². The van der Waals surface area contributed by atoms with Gasteiger partial charge in [0.15, 0.2) is 17.3 Å². The molecule has 162 valence electrons. The van der Waals surface area contributed by atoms with Gasteiger partial charge in [-0.3, -0.25) is 4.79 Å². The highest BCUT2D eigenvalue weighted by Crippen LogP contribution is 2.29. The van der Waals surface area contributed by atoms with Crippen molar-refractivity contribution in [1.82, 2.24) is 14.8 Å². The standard InChI is InChI=1S/C23H25FN4O3/c1-30-19-10-7-15(12-20(19)31-2)13-22(29)25-16-8-9-18(24)17(14-16)23-27-26-21-6-4-3-5-11-28(21)23/h7-10,12,14H,3-6,11,13H2,1-2H3,(H,25,29). The van der Waals surface area contributed by atoms with Crippen molar-refractivity contribution in [2.75, 3.05) is 19.5 Å². The van der Waals surface area contributed by atoms with E-state index in [9.17, 15) is 9.18 Å². The smallest absolute Gasteiger partial charge is 0.228 e. The summed E-state index contributed by atoms with van der Waals surface area (Å²) >= 11 is 0. The van der Waals surface area contributed by atoms with Gasteiger partial charge < -0.3 is 19.4 Å². The molecule has 1 N–H and O–H groups in total. The van der Waals surface area contributed by atoms with Crippen LogP contribution < -0.4 is 14.8 Å². The van der Waals surface area contributed by atoms with Gasteiger partial charge in [-0.15, -0.1) is 10.2 Å². The average Bonchev–Trinajstić information content (AvgIpc) is 3.02. The van der Waals surface area contributed by atoms with E-state index in [1.165, 1.54) is 6.07 Å². The highest BCUT2D eigenvalue weighted by atomic mass is 19.1. The van der Waals surface area contributed by atoms with Crippen LogP contribution in [0.3, 0.4) is 0 Å². The highest BCUT2D eigenvalue weighted by molar-refractivity contribution is 5.93. The molecule has 0 radical (unpaired) electrons. The van der Waals surface area contributed by atoms with Gasteiger partial charge in [-0.1, -0.05) is 12.5 Å². The number of nitrogens with one attached hydrogen (secondary N) is 1. The van der Waals surface area contributed by atoms with Crippen LogP contribution in [0.25, 0.3) is 11.4 Å². The molecule has 1 aromatic heterocycles. The zero-order valence-corrected chi connectivity index (χ0v) is 17.7. The van der Waals surface area contributed by atoms with E-state index >= 15 is 0 Å². The maximum Gasteiger partial charge on any atom is 0.228 e. The Labute approximate surface area is 180 Å². The molecule has 1 aliphatic heterocycles. The third kappa shape index (κ3) is 4.52. The molecule has 0 atom stereocenters. The fraction of sp³-hybridized carbons (Fsp3) is 0.348. The summed E-state index contributed by atoms with van der Waals surface area (Å²) in [6, 6.07) is 9.84. The van der Waals surface area contributed by atoms with Crippen LogP contribution >= 0.6 is 0 Å². The van der Waals surface area contributed by atoms with Crippen molar-refractivity contribution < 1.29 is 18.7 Å². The molecule has 0 saturated carbocycles. The van der Waals surface area contributed by atoms with Gasteiger partial charge in [0, 0.05) is 18.7 Å². The molecular formula is C23H25FN4O3. The lowest BCUT2D eigenvalue weighted by molar-refractivity contribution is -0.115. The summed E-state index contributed by atoms with van der Waals surface area (Å²) in [7, 11) is 3.11. The number of rotatable bonds is 6. The Hall–Kier alpha value is -3.42. The molecule has 0 fully saturated rings. The SMILES string of the molecule is COc1ccc(CC(=O)Nc2ccc(F)c(-c3nnc4n3CCCCC4)c2)cc1OC. The number of aryl methyl sites for hydroxylation is 1.